The Hall–Kier alpha value is -2.90. The molecule has 8 heteroatoms. The summed E-state index contributed by atoms with van der Waals surface area (Å²) in [7, 11) is 0. The van der Waals surface area contributed by atoms with Crippen LogP contribution in [0, 0.1) is 0 Å². The van der Waals surface area contributed by atoms with Crippen molar-refractivity contribution in [2.45, 2.75) is 0 Å². The molecule has 1 amide bonds. The number of H-pyrrole nitrogens is 1. The van der Waals surface area contributed by atoms with Crippen LogP contribution in [-0.4, -0.2) is 37.5 Å². The summed E-state index contributed by atoms with van der Waals surface area (Å²) in [6.07, 6.45) is 1.20. The summed E-state index contributed by atoms with van der Waals surface area (Å²) in [5.74, 6) is -2.01. The second-order valence-electron chi connectivity index (χ2n) is 3.35. The predicted octanol–water partition coefficient (Wildman–Crippen LogP) is 0.461. The zero-order chi connectivity index (χ0) is 13.1. The molecule has 0 saturated heterocycles. The Morgan fingerprint density at radius 3 is 2.72 bits per heavy atom. The van der Waals surface area contributed by atoms with Gasteiger partial charge in [0.05, 0.1) is 17.4 Å². The molecule has 1 aromatic heterocycles. The van der Waals surface area contributed by atoms with Crippen molar-refractivity contribution in [2.75, 3.05) is 5.32 Å². The van der Waals surface area contributed by atoms with Crippen LogP contribution in [0.1, 0.15) is 20.8 Å². The molecule has 0 bridgehead atoms. The number of benzene rings is 1. The molecule has 2 aromatic rings. The number of amides is 1. The largest absolute Gasteiger partial charge is 0.506 e. The molecule has 92 valence electrons. The highest BCUT2D eigenvalue weighted by Crippen LogP contribution is 2.24. The summed E-state index contributed by atoms with van der Waals surface area (Å²) in [6.45, 7) is 0. The number of anilines is 1. The molecule has 0 saturated carbocycles. The summed E-state index contributed by atoms with van der Waals surface area (Å²) in [6, 6.07) is 3.56. The normalized spacial score (nSPS) is 10.0. The molecule has 1 heterocycles. The first-order valence-corrected chi connectivity index (χ1v) is 4.81. The fourth-order valence-electron chi connectivity index (χ4n) is 1.27. The van der Waals surface area contributed by atoms with Crippen molar-refractivity contribution in [3.05, 3.63) is 35.7 Å². The molecular formula is C10H8N4O4. The first kappa shape index (κ1) is 11.6. The minimum Gasteiger partial charge on any atom is -0.506 e. The quantitative estimate of drug-likeness (QED) is 0.584. The van der Waals surface area contributed by atoms with E-state index in [9.17, 15) is 14.7 Å². The number of nitrogens with zero attached hydrogens (tertiary/aromatic N) is 2. The first-order chi connectivity index (χ1) is 8.58. The number of aromatic amines is 1. The lowest BCUT2D eigenvalue weighted by atomic mass is 10.2. The van der Waals surface area contributed by atoms with Crippen molar-refractivity contribution in [1.29, 1.82) is 0 Å². The molecule has 0 unspecified atom stereocenters. The third kappa shape index (κ3) is 2.26. The van der Waals surface area contributed by atoms with Crippen LogP contribution in [-0.2, 0) is 0 Å². The summed E-state index contributed by atoms with van der Waals surface area (Å²) in [5, 5.41) is 29.9. The molecule has 0 aliphatic carbocycles. The molecule has 18 heavy (non-hydrogen) atoms. The number of carbonyl (C=O) groups is 2. The number of aromatic carboxylic acids is 1. The number of hydrogen-bond acceptors (Lipinski definition) is 5. The Morgan fingerprint density at radius 1 is 1.33 bits per heavy atom. The highest BCUT2D eigenvalue weighted by Gasteiger charge is 2.13. The summed E-state index contributed by atoms with van der Waals surface area (Å²) >= 11 is 0. The van der Waals surface area contributed by atoms with Gasteiger partial charge >= 0.3 is 5.97 Å². The Bertz CT molecular complexity index is 594. The summed E-state index contributed by atoms with van der Waals surface area (Å²) in [5.41, 5.74) is -0.0405. The fraction of sp³-hybridized carbons (Fsp3) is 0. The lowest BCUT2D eigenvalue weighted by Gasteiger charge is -2.06. The van der Waals surface area contributed by atoms with Gasteiger partial charge in [0.15, 0.2) is 5.69 Å². The number of rotatable bonds is 3. The molecule has 0 atom stereocenters. The van der Waals surface area contributed by atoms with Crippen molar-refractivity contribution in [3.8, 4) is 5.75 Å². The lowest BCUT2D eigenvalue weighted by molar-refractivity contribution is 0.0696. The van der Waals surface area contributed by atoms with E-state index >= 15 is 0 Å². The molecule has 0 radical (unpaired) electrons. The van der Waals surface area contributed by atoms with Crippen LogP contribution in [0.15, 0.2) is 24.4 Å². The second-order valence-corrected chi connectivity index (χ2v) is 3.35. The zero-order valence-corrected chi connectivity index (χ0v) is 8.91. The van der Waals surface area contributed by atoms with Gasteiger partial charge in [-0.2, -0.15) is 15.4 Å². The van der Waals surface area contributed by atoms with E-state index in [1.54, 1.807) is 0 Å². The van der Waals surface area contributed by atoms with Gasteiger partial charge in [-0.3, -0.25) is 4.79 Å². The smallest absolute Gasteiger partial charge is 0.335 e. The molecular weight excluding hydrogens is 240 g/mol. The fourth-order valence-corrected chi connectivity index (χ4v) is 1.27. The van der Waals surface area contributed by atoms with Crippen LogP contribution in [0.25, 0.3) is 0 Å². The third-order valence-corrected chi connectivity index (χ3v) is 2.14. The van der Waals surface area contributed by atoms with Crippen LogP contribution >= 0.6 is 0 Å². The van der Waals surface area contributed by atoms with E-state index in [1.807, 2.05) is 0 Å². The van der Waals surface area contributed by atoms with Crippen molar-refractivity contribution in [3.63, 3.8) is 0 Å². The molecule has 0 fully saturated rings. The van der Waals surface area contributed by atoms with Crippen LogP contribution in [0.5, 0.6) is 5.75 Å². The van der Waals surface area contributed by atoms with E-state index in [0.29, 0.717) is 0 Å². The van der Waals surface area contributed by atoms with Crippen molar-refractivity contribution in [2.24, 2.45) is 0 Å². The van der Waals surface area contributed by atoms with E-state index < -0.39 is 11.9 Å². The molecule has 0 aliphatic heterocycles. The van der Waals surface area contributed by atoms with E-state index in [0.717, 1.165) is 6.07 Å². The Balaban J connectivity index is 2.26. The minimum atomic E-state index is -1.16. The van der Waals surface area contributed by atoms with E-state index in [4.69, 9.17) is 5.11 Å². The van der Waals surface area contributed by atoms with Gasteiger partial charge < -0.3 is 15.5 Å². The minimum absolute atomic E-state index is 0.0112. The van der Waals surface area contributed by atoms with Crippen molar-refractivity contribution >= 4 is 17.6 Å². The predicted molar refractivity (Wildman–Crippen MR) is 59.4 cm³/mol. The van der Waals surface area contributed by atoms with Crippen molar-refractivity contribution in [1.82, 2.24) is 15.4 Å². The molecule has 1 aromatic carbocycles. The first-order valence-electron chi connectivity index (χ1n) is 4.81. The number of carboxylic acid groups (broad SMARTS) is 1. The maximum atomic E-state index is 11.6. The van der Waals surface area contributed by atoms with E-state index in [1.165, 1.54) is 18.3 Å². The Morgan fingerprint density at radius 2 is 2.11 bits per heavy atom. The number of hydrogen-bond donors (Lipinski definition) is 4. The molecule has 8 nitrogen and oxygen atoms in total. The maximum absolute atomic E-state index is 11.6. The number of phenols is 1. The van der Waals surface area contributed by atoms with Gasteiger partial charge in [0, 0.05) is 0 Å². The third-order valence-electron chi connectivity index (χ3n) is 2.14. The highest BCUT2D eigenvalue weighted by molar-refractivity contribution is 6.04. The molecule has 0 aliphatic rings. The second kappa shape index (κ2) is 4.53. The van der Waals surface area contributed by atoms with Crippen LogP contribution in [0.4, 0.5) is 5.69 Å². The van der Waals surface area contributed by atoms with Crippen LogP contribution in [0.3, 0.4) is 0 Å². The molecule has 0 spiro atoms. The van der Waals surface area contributed by atoms with E-state index in [2.05, 4.69) is 20.7 Å². The SMILES string of the molecule is O=C(O)c1ccc(O)c(NC(=O)c2cn[nH]n2)c1. The van der Waals surface area contributed by atoms with E-state index in [-0.39, 0.29) is 22.7 Å². The lowest BCUT2D eigenvalue weighted by Crippen LogP contribution is -2.13. The Labute approximate surface area is 100 Å². The zero-order valence-electron chi connectivity index (χ0n) is 8.91. The van der Waals surface area contributed by atoms with Gasteiger partial charge in [-0.15, -0.1) is 0 Å². The topological polar surface area (TPSA) is 128 Å². The average molecular weight is 248 g/mol. The summed E-state index contributed by atoms with van der Waals surface area (Å²) < 4.78 is 0. The van der Waals surface area contributed by atoms with Gasteiger partial charge in [0.1, 0.15) is 5.75 Å². The number of aromatic hydroxyl groups is 1. The van der Waals surface area contributed by atoms with Gasteiger partial charge in [-0.05, 0) is 18.2 Å². The standard InChI is InChI=1S/C10H8N4O4/c15-8-2-1-5(10(17)18)3-6(8)12-9(16)7-4-11-14-13-7/h1-4,15H,(H,12,16)(H,17,18)(H,11,13,14). The highest BCUT2D eigenvalue weighted by atomic mass is 16.4. The summed E-state index contributed by atoms with van der Waals surface area (Å²) in [4.78, 5) is 22.4. The van der Waals surface area contributed by atoms with Crippen LogP contribution < -0.4 is 5.32 Å². The van der Waals surface area contributed by atoms with Gasteiger partial charge in [-0.25, -0.2) is 4.79 Å². The van der Waals surface area contributed by atoms with Gasteiger partial charge in [-0.1, -0.05) is 0 Å². The molecule has 2 rings (SSSR count). The van der Waals surface area contributed by atoms with Crippen molar-refractivity contribution < 1.29 is 19.8 Å². The number of carbonyl (C=O) groups excluding carboxylic acids is 1. The number of aromatic nitrogens is 3. The number of phenolic OH excluding ortho intramolecular Hbond substituents is 1. The molecule has 4 N–H and O–H groups in total. The number of carboxylic acids is 1. The van der Waals surface area contributed by atoms with Crippen LogP contribution in [0.2, 0.25) is 0 Å². The van der Waals surface area contributed by atoms with Gasteiger partial charge in [0.2, 0.25) is 0 Å². The average Bonchev–Trinajstić information content (AvgIpc) is 2.85. The van der Waals surface area contributed by atoms with Gasteiger partial charge in [0.25, 0.3) is 5.91 Å². The monoisotopic (exact) mass is 248 g/mol. The Kier molecular flexibility index (Phi) is 2.92. The number of nitrogens with one attached hydrogen (secondary N) is 2. The maximum Gasteiger partial charge on any atom is 0.335 e.